The Hall–Kier alpha value is -3.47. The lowest BCUT2D eigenvalue weighted by atomic mass is 9.95. The largest absolute Gasteiger partial charge is 0.507 e. The number of halogens is 2. The third-order valence-electron chi connectivity index (χ3n) is 4.32. The number of methoxy groups -OCH3 is 1. The van der Waals surface area contributed by atoms with Crippen molar-refractivity contribution in [3.05, 3.63) is 95.1 Å². The normalized spacial score (nSPS) is 11.0. The first-order chi connectivity index (χ1) is 13.5. The van der Waals surface area contributed by atoms with Gasteiger partial charge in [-0.3, -0.25) is 0 Å². The van der Waals surface area contributed by atoms with Gasteiger partial charge in [0.2, 0.25) is 0 Å². The van der Waals surface area contributed by atoms with E-state index >= 15 is 0 Å². The van der Waals surface area contributed by atoms with Crippen molar-refractivity contribution in [2.75, 3.05) is 7.11 Å². The molecular weight excluding hydrogens is 362 g/mol. The Morgan fingerprint density at radius 2 is 1.57 bits per heavy atom. The number of aromatic hydroxyl groups is 1. The average molecular weight is 380 g/mol. The van der Waals surface area contributed by atoms with E-state index < -0.39 is 11.8 Å². The Bertz CT molecular complexity index is 1010. The highest BCUT2D eigenvalue weighted by Crippen LogP contribution is 2.34. The van der Waals surface area contributed by atoms with Crippen molar-refractivity contribution in [3.8, 4) is 16.9 Å². The van der Waals surface area contributed by atoms with Crippen LogP contribution in [0.4, 0.5) is 8.78 Å². The van der Waals surface area contributed by atoms with Crippen molar-refractivity contribution in [2.24, 2.45) is 0 Å². The van der Waals surface area contributed by atoms with E-state index in [0.717, 1.165) is 5.56 Å². The van der Waals surface area contributed by atoms with Gasteiger partial charge in [0.1, 0.15) is 22.9 Å². The molecule has 0 aliphatic heterocycles. The molecule has 0 fully saturated rings. The predicted molar refractivity (Wildman–Crippen MR) is 104 cm³/mol. The number of carbonyl (C=O) groups is 1. The van der Waals surface area contributed by atoms with Crippen molar-refractivity contribution >= 4 is 12.0 Å². The number of hydrogen-bond donors (Lipinski definition) is 1. The first-order valence-electron chi connectivity index (χ1n) is 8.61. The number of allylic oxidation sites excluding steroid dienone is 1. The lowest BCUT2D eigenvalue weighted by Gasteiger charge is -2.13. The summed E-state index contributed by atoms with van der Waals surface area (Å²) in [6.45, 7) is 0. The van der Waals surface area contributed by atoms with Crippen LogP contribution in [0.5, 0.6) is 5.75 Å². The average Bonchev–Trinajstić information content (AvgIpc) is 2.70. The Labute approximate surface area is 161 Å². The molecule has 0 aromatic heterocycles. The van der Waals surface area contributed by atoms with Crippen LogP contribution in [0.1, 0.15) is 21.5 Å². The van der Waals surface area contributed by atoms with Gasteiger partial charge < -0.3 is 9.84 Å². The molecule has 3 nitrogen and oxygen atoms in total. The lowest BCUT2D eigenvalue weighted by Crippen LogP contribution is -2.05. The van der Waals surface area contributed by atoms with Gasteiger partial charge in [-0.2, -0.15) is 0 Å². The smallest absolute Gasteiger partial charge is 0.342 e. The highest BCUT2D eigenvalue weighted by molar-refractivity contribution is 6.00. The molecule has 0 spiro atoms. The molecule has 3 aromatic rings. The second kappa shape index (κ2) is 8.48. The molecule has 28 heavy (non-hydrogen) atoms. The van der Waals surface area contributed by atoms with E-state index in [1.54, 1.807) is 36.4 Å². The van der Waals surface area contributed by atoms with E-state index in [9.17, 15) is 18.7 Å². The van der Waals surface area contributed by atoms with Gasteiger partial charge in [0.15, 0.2) is 0 Å². The molecule has 1 N–H and O–H groups in total. The summed E-state index contributed by atoms with van der Waals surface area (Å²) in [6, 6.07) is 15.0. The van der Waals surface area contributed by atoms with E-state index in [1.165, 1.54) is 43.5 Å². The Balaban J connectivity index is 1.93. The standard InChI is InChI=1S/C23H18F2O3/c1-28-23(27)21-20(16-7-12-19(25)13-8-16)14-9-17(22(21)26)4-2-3-15-5-10-18(24)11-6-15/h2-3,5-14,26H,4H2,1H3/b3-2+. The highest BCUT2D eigenvalue weighted by atomic mass is 19.1. The maximum Gasteiger partial charge on any atom is 0.342 e. The van der Waals surface area contributed by atoms with Crippen LogP contribution in [0.2, 0.25) is 0 Å². The number of phenols is 1. The molecule has 3 rings (SSSR count). The van der Waals surface area contributed by atoms with Crippen LogP contribution in [0.3, 0.4) is 0 Å². The van der Waals surface area contributed by atoms with Crippen molar-refractivity contribution in [3.63, 3.8) is 0 Å². The molecule has 0 aliphatic carbocycles. The summed E-state index contributed by atoms with van der Waals surface area (Å²) in [5, 5.41) is 10.7. The maximum absolute atomic E-state index is 13.2. The fraction of sp³-hybridized carbons (Fsp3) is 0.0870. The Kier molecular flexibility index (Phi) is 5.84. The second-order valence-electron chi connectivity index (χ2n) is 6.15. The number of rotatable bonds is 5. The van der Waals surface area contributed by atoms with Gasteiger partial charge in [0, 0.05) is 0 Å². The topological polar surface area (TPSA) is 46.5 Å². The number of phenolic OH excluding ortho intramolecular Hbond substituents is 1. The zero-order valence-corrected chi connectivity index (χ0v) is 15.2. The first kappa shape index (κ1) is 19.3. The molecule has 0 atom stereocenters. The summed E-state index contributed by atoms with van der Waals surface area (Å²) in [5.41, 5.74) is 2.42. The Morgan fingerprint density at radius 3 is 2.18 bits per heavy atom. The van der Waals surface area contributed by atoms with Crippen LogP contribution in [-0.2, 0) is 11.2 Å². The summed E-state index contributed by atoms with van der Waals surface area (Å²) >= 11 is 0. The highest BCUT2D eigenvalue weighted by Gasteiger charge is 2.20. The zero-order chi connectivity index (χ0) is 20.1. The summed E-state index contributed by atoms with van der Waals surface area (Å²) in [6.07, 6.45) is 3.96. The van der Waals surface area contributed by atoms with Gasteiger partial charge in [0.25, 0.3) is 0 Å². The van der Waals surface area contributed by atoms with Gasteiger partial charge >= 0.3 is 5.97 Å². The van der Waals surface area contributed by atoms with Gasteiger partial charge in [-0.05, 0) is 52.9 Å². The van der Waals surface area contributed by atoms with Crippen LogP contribution in [0.25, 0.3) is 17.2 Å². The molecule has 0 radical (unpaired) electrons. The van der Waals surface area contributed by atoms with Crippen LogP contribution in [0.15, 0.2) is 66.7 Å². The van der Waals surface area contributed by atoms with Crippen molar-refractivity contribution in [1.82, 2.24) is 0 Å². The minimum atomic E-state index is -0.679. The molecule has 3 aromatic carbocycles. The molecule has 0 saturated carbocycles. The van der Waals surface area contributed by atoms with Crippen LogP contribution in [-0.4, -0.2) is 18.2 Å². The van der Waals surface area contributed by atoms with E-state index in [-0.39, 0.29) is 17.1 Å². The number of esters is 1. The monoisotopic (exact) mass is 380 g/mol. The fourth-order valence-electron chi connectivity index (χ4n) is 2.87. The zero-order valence-electron chi connectivity index (χ0n) is 15.2. The van der Waals surface area contributed by atoms with Gasteiger partial charge in [0.05, 0.1) is 7.11 Å². The number of hydrogen-bond acceptors (Lipinski definition) is 3. The van der Waals surface area contributed by atoms with Crippen LogP contribution >= 0.6 is 0 Å². The van der Waals surface area contributed by atoms with E-state index in [2.05, 4.69) is 0 Å². The summed E-state index contributed by atoms with van der Waals surface area (Å²) in [4.78, 5) is 12.3. The van der Waals surface area contributed by atoms with E-state index in [0.29, 0.717) is 23.1 Å². The summed E-state index contributed by atoms with van der Waals surface area (Å²) < 4.78 is 31.0. The van der Waals surface area contributed by atoms with Gasteiger partial charge in [-0.25, -0.2) is 13.6 Å². The molecule has 0 bridgehead atoms. The number of carbonyl (C=O) groups excluding carboxylic acids is 1. The fourth-order valence-corrected chi connectivity index (χ4v) is 2.87. The number of ether oxygens (including phenoxy) is 1. The van der Waals surface area contributed by atoms with E-state index in [4.69, 9.17) is 4.74 Å². The summed E-state index contributed by atoms with van der Waals surface area (Å²) in [5.74, 6) is -1.57. The first-order valence-corrected chi connectivity index (χ1v) is 8.61. The quantitative estimate of drug-likeness (QED) is 0.605. The molecule has 0 unspecified atom stereocenters. The van der Waals surface area contributed by atoms with Crippen molar-refractivity contribution in [2.45, 2.75) is 6.42 Å². The van der Waals surface area contributed by atoms with Gasteiger partial charge in [-0.1, -0.05) is 48.6 Å². The maximum atomic E-state index is 13.2. The molecule has 5 heteroatoms. The minimum Gasteiger partial charge on any atom is -0.507 e. The number of benzene rings is 3. The molecule has 142 valence electrons. The Morgan fingerprint density at radius 1 is 0.964 bits per heavy atom. The van der Waals surface area contributed by atoms with Crippen molar-refractivity contribution < 1.29 is 23.4 Å². The molecular formula is C23H18F2O3. The molecule has 0 saturated heterocycles. The second-order valence-corrected chi connectivity index (χ2v) is 6.15. The lowest BCUT2D eigenvalue weighted by molar-refractivity contribution is 0.0598. The predicted octanol–water partition coefficient (Wildman–Crippen LogP) is 5.38. The molecule has 0 heterocycles. The van der Waals surface area contributed by atoms with E-state index in [1.807, 2.05) is 0 Å². The minimum absolute atomic E-state index is 0.0294. The van der Waals surface area contributed by atoms with Crippen molar-refractivity contribution in [1.29, 1.82) is 0 Å². The third-order valence-corrected chi connectivity index (χ3v) is 4.32. The third kappa shape index (κ3) is 4.26. The molecule has 0 aliphatic rings. The molecule has 0 amide bonds. The van der Waals surface area contributed by atoms with Crippen LogP contribution in [0, 0.1) is 11.6 Å². The van der Waals surface area contributed by atoms with Gasteiger partial charge in [-0.15, -0.1) is 0 Å². The van der Waals surface area contributed by atoms with Crippen LogP contribution < -0.4 is 0 Å². The summed E-state index contributed by atoms with van der Waals surface area (Å²) in [7, 11) is 1.23. The SMILES string of the molecule is COC(=O)c1c(-c2ccc(F)cc2)ccc(C/C=C/c2ccc(F)cc2)c1O.